The van der Waals surface area contributed by atoms with Gasteiger partial charge in [-0.15, -0.1) is 11.6 Å². The number of nitrogens with two attached hydrogens (primary N) is 1. The van der Waals surface area contributed by atoms with E-state index in [1.54, 1.807) is 12.0 Å². The van der Waals surface area contributed by atoms with Crippen LogP contribution in [0.15, 0.2) is 30.3 Å². The van der Waals surface area contributed by atoms with Crippen molar-refractivity contribution in [2.24, 2.45) is 11.7 Å². The lowest BCUT2D eigenvalue weighted by Gasteiger charge is -2.51. The Morgan fingerprint density at radius 1 is 1.27 bits per heavy atom. The summed E-state index contributed by atoms with van der Waals surface area (Å²) in [6.45, 7) is 6.86. The number of hydrogen-bond acceptors (Lipinski definition) is 5. The maximum absolute atomic E-state index is 13.3. The molecule has 1 aromatic rings. The molecular weight excluding hydrogens is 442 g/mol. The molecule has 7 nitrogen and oxygen atoms in total. The van der Waals surface area contributed by atoms with E-state index in [0.29, 0.717) is 32.5 Å². The van der Waals surface area contributed by atoms with E-state index < -0.39 is 29.4 Å². The van der Waals surface area contributed by atoms with Gasteiger partial charge < -0.3 is 25.0 Å². The Kier molecular flexibility index (Phi) is 8.30. The van der Waals surface area contributed by atoms with Gasteiger partial charge in [-0.1, -0.05) is 30.3 Å². The second-order valence-electron chi connectivity index (χ2n) is 10.2. The van der Waals surface area contributed by atoms with E-state index >= 15 is 0 Å². The summed E-state index contributed by atoms with van der Waals surface area (Å²) in [5.41, 5.74) is 6.54. The first-order valence-corrected chi connectivity index (χ1v) is 12.3. The number of piperidine rings is 1. The molecule has 0 bridgehead atoms. The molecule has 0 radical (unpaired) electrons. The number of alkyl halides is 1. The molecule has 1 aliphatic heterocycles. The van der Waals surface area contributed by atoms with Crippen molar-refractivity contribution in [1.29, 1.82) is 0 Å². The quantitative estimate of drug-likeness (QED) is 0.577. The van der Waals surface area contributed by atoms with Crippen LogP contribution in [0.1, 0.15) is 45.6 Å². The Balaban J connectivity index is 1.83. The number of likely N-dealkylation sites (tertiary alicyclic amines) is 1. The first-order chi connectivity index (χ1) is 15.6. The topological polar surface area (TPSA) is 85.1 Å². The fraction of sp³-hybridized carbons (Fsp3) is 0.680. The van der Waals surface area contributed by atoms with E-state index in [2.05, 4.69) is 0 Å². The van der Waals surface area contributed by atoms with Gasteiger partial charge in [0.25, 0.3) is 0 Å². The van der Waals surface area contributed by atoms with E-state index in [0.717, 1.165) is 18.4 Å². The van der Waals surface area contributed by atoms with E-state index in [1.807, 2.05) is 56.0 Å². The SMILES string of the molecule is CO[C@H]1CN(C(=O)C2CC2)CCC1(N)C(CCl)N(CCc1ccccc1)C(=O)OC(C)(C)C. The fourth-order valence-electron chi connectivity index (χ4n) is 4.52. The largest absolute Gasteiger partial charge is 0.444 e. The molecule has 8 heteroatoms. The van der Waals surface area contributed by atoms with Crippen LogP contribution >= 0.6 is 11.6 Å². The highest BCUT2D eigenvalue weighted by Gasteiger charge is 2.51. The zero-order chi connectivity index (χ0) is 24.2. The van der Waals surface area contributed by atoms with Crippen molar-refractivity contribution in [3.8, 4) is 0 Å². The molecule has 2 aliphatic rings. The molecule has 184 valence electrons. The van der Waals surface area contributed by atoms with E-state index in [9.17, 15) is 9.59 Å². The molecule has 2 amide bonds. The van der Waals surface area contributed by atoms with Crippen LogP contribution in [-0.4, -0.2) is 77.7 Å². The lowest BCUT2D eigenvalue weighted by atomic mass is 9.78. The van der Waals surface area contributed by atoms with Gasteiger partial charge in [0.2, 0.25) is 5.91 Å². The average Bonchev–Trinajstić information content (AvgIpc) is 3.61. The maximum atomic E-state index is 13.3. The summed E-state index contributed by atoms with van der Waals surface area (Å²) in [6, 6.07) is 9.46. The Morgan fingerprint density at radius 3 is 2.48 bits per heavy atom. The molecule has 33 heavy (non-hydrogen) atoms. The molecule has 1 saturated carbocycles. The fourth-order valence-corrected chi connectivity index (χ4v) is 4.97. The summed E-state index contributed by atoms with van der Waals surface area (Å²) in [6.07, 6.45) is 2.16. The van der Waals surface area contributed by atoms with Crippen LogP contribution in [0.25, 0.3) is 0 Å². The number of carbonyl (C=O) groups is 2. The van der Waals surface area contributed by atoms with Gasteiger partial charge in [-0.25, -0.2) is 4.79 Å². The van der Waals surface area contributed by atoms with E-state index in [1.165, 1.54) is 0 Å². The lowest BCUT2D eigenvalue weighted by Crippen LogP contribution is -2.72. The normalized spacial score (nSPS) is 24.3. The van der Waals surface area contributed by atoms with Crippen LogP contribution in [0.2, 0.25) is 0 Å². The number of amides is 2. The van der Waals surface area contributed by atoms with Crippen LogP contribution in [0.4, 0.5) is 4.79 Å². The standard InChI is InChI=1S/C25H38ClN3O4/c1-24(2,3)33-23(31)29(14-12-18-8-6-5-7-9-18)20(16-26)25(27)13-15-28(17-21(25)32-4)22(30)19-10-11-19/h5-9,19-21H,10-17,27H2,1-4H3/t20?,21-,25?/m0/s1. The molecule has 3 atom stereocenters. The van der Waals surface area contributed by atoms with Crippen molar-refractivity contribution < 1.29 is 19.1 Å². The van der Waals surface area contributed by atoms with Crippen LogP contribution in [0, 0.1) is 5.92 Å². The molecule has 1 saturated heterocycles. The zero-order valence-corrected chi connectivity index (χ0v) is 21.0. The minimum Gasteiger partial charge on any atom is -0.444 e. The highest BCUT2D eigenvalue weighted by atomic mass is 35.5. The van der Waals surface area contributed by atoms with Crippen molar-refractivity contribution >= 4 is 23.6 Å². The van der Waals surface area contributed by atoms with E-state index in [4.69, 9.17) is 26.8 Å². The van der Waals surface area contributed by atoms with Gasteiger partial charge in [-0.05, 0) is 52.0 Å². The first kappa shape index (κ1) is 25.8. The molecular formula is C25H38ClN3O4. The van der Waals surface area contributed by atoms with Gasteiger partial charge in [0.05, 0.1) is 17.7 Å². The van der Waals surface area contributed by atoms with Crippen molar-refractivity contribution in [1.82, 2.24) is 9.80 Å². The predicted molar refractivity (Wildman–Crippen MR) is 129 cm³/mol. The highest BCUT2D eigenvalue weighted by molar-refractivity contribution is 6.18. The summed E-state index contributed by atoms with van der Waals surface area (Å²) in [7, 11) is 1.60. The number of halogens is 1. The van der Waals surface area contributed by atoms with Crippen LogP contribution in [0.5, 0.6) is 0 Å². The second-order valence-corrected chi connectivity index (χ2v) is 10.5. The maximum Gasteiger partial charge on any atom is 0.410 e. The van der Waals surface area contributed by atoms with Gasteiger partial charge in [0.15, 0.2) is 0 Å². The number of hydrogen-bond donors (Lipinski definition) is 1. The first-order valence-electron chi connectivity index (χ1n) is 11.8. The van der Waals surface area contributed by atoms with Crippen molar-refractivity contribution in [2.75, 3.05) is 32.6 Å². The zero-order valence-electron chi connectivity index (χ0n) is 20.3. The number of ether oxygens (including phenoxy) is 2. The Bertz CT molecular complexity index is 812. The third-order valence-electron chi connectivity index (χ3n) is 6.58. The van der Waals surface area contributed by atoms with Crippen LogP contribution in [-0.2, 0) is 20.7 Å². The number of methoxy groups -OCH3 is 1. The summed E-state index contributed by atoms with van der Waals surface area (Å²) < 4.78 is 11.5. The van der Waals surface area contributed by atoms with Gasteiger partial charge in [0, 0.05) is 38.5 Å². The van der Waals surface area contributed by atoms with E-state index in [-0.39, 0.29) is 17.7 Å². The average molecular weight is 480 g/mol. The minimum absolute atomic E-state index is 0.140. The molecule has 0 spiro atoms. The molecule has 2 unspecified atom stereocenters. The number of nitrogens with zero attached hydrogens (tertiary/aromatic N) is 2. The number of rotatable bonds is 8. The van der Waals surface area contributed by atoms with Gasteiger partial charge in [-0.3, -0.25) is 4.79 Å². The van der Waals surface area contributed by atoms with Gasteiger partial charge in [0.1, 0.15) is 5.60 Å². The molecule has 2 fully saturated rings. The molecule has 1 heterocycles. The highest BCUT2D eigenvalue weighted by Crippen LogP contribution is 2.35. The third kappa shape index (κ3) is 6.40. The molecule has 1 aliphatic carbocycles. The summed E-state index contributed by atoms with van der Waals surface area (Å²) in [5, 5.41) is 0. The minimum atomic E-state index is -0.912. The smallest absolute Gasteiger partial charge is 0.410 e. The number of benzene rings is 1. The predicted octanol–water partition coefficient (Wildman–Crippen LogP) is 3.43. The lowest BCUT2D eigenvalue weighted by molar-refractivity contribution is -0.140. The van der Waals surface area contributed by atoms with Crippen molar-refractivity contribution in [3.63, 3.8) is 0 Å². The molecule has 3 rings (SSSR count). The van der Waals surface area contributed by atoms with Crippen LogP contribution < -0.4 is 5.73 Å². The van der Waals surface area contributed by atoms with Crippen molar-refractivity contribution in [2.45, 2.75) is 69.7 Å². The Hall–Kier alpha value is -1.83. The molecule has 2 N–H and O–H groups in total. The Labute approximate surface area is 202 Å². The summed E-state index contributed by atoms with van der Waals surface area (Å²) in [5.74, 6) is 0.455. The summed E-state index contributed by atoms with van der Waals surface area (Å²) >= 11 is 6.50. The van der Waals surface area contributed by atoms with Crippen LogP contribution in [0.3, 0.4) is 0 Å². The van der Waals surface area contributed by atoms with Gasteiger partial charge >= 0.3 is 6.09 Å². The molecule has 1 aromatic carbocycles. The monoisotopic (exact) mass is 479 g/mol. The molecule has 0 aromatic heterocycles. The second kappa shape index (κ2) is 10.6. The third-order valence-corrected chi connectivity index (χ3v) is 6.87. The Morgan fingerprint density at radius 2 is 1.94 bits per heavy atom. The number of carbonyl (C=O) groups excluding carboxylic acids is 2. The summed E-state index contributed by atoms with van der Waals surface area (Å²) in [4.78, 5) is 29.5. The van der Waals surface area contributed by atoms with Crippen molar-refractivity contribution in [3.05, 3.63) is 35.9 Å². The van der Waals surface area contributed by atoms with Gasteiger partial charge in [-0.2, -0.15) is 0 Å².